The van der Waals surface area contributed by atoms with Gasteiger partial charge >= 0.3 is 0 Å². The van der Waals surface area contributed by atoms with E-state index in [0.29, 0.717) is 18.8 Å². The first-order valence-corrected chi connectivity index (χ1v) is 10.7. The summed E-state index contributed by atoms with van der Waals surface area (Å²) in [4.78, 5) is 6.84. The largest absolute Gasteiger partial charge is 0.491 e. The summed E-state index contributed by atoms with van der Waals surface area (Å²) in [6.45, 7) is 3.18. The van der Waals surface area contributed by atoms with Crippen LogP contribution in [0.15, 0.2) is 71.7 Å². The molecule has 0 radical (unpaired) electrons. The summed E-state index contributed by atoms with van der Waals surface area (Å²) in [6.07, 6.45) is 0.469. The van der Waals surface area contributed by atoms with Gasteiger partial charge in [0.1, 0.15) is 24.3 Å². The van der Waals surface area contributed by atoms with Crippen LogP contribution >= 0.6 is 0 Å². The van der Waals surface area contributed by atoms with E-state index in [2.05, 4.69) is 34.2 Å². The van der Waals surface area contributed by atoms with Crippen LogP contribution in [0, 0.1) is 5.82 Å². The maximum atomic E-state index is 13.4. The maximum Gasteiger partial charge on any atom is 0.123 e. The lowest BCUT2D eigenvalue weighted by Crippen LogP contribution is -2.38. The minimum absolute atomic E-state index is 0.230. The normalized spacial score (nSPS) is 16.4. The van der Waals surface area contributed by atoms with Gasteiger partial charge < -0.3 is 9.84 Å². The zero-order valence-corrected chi connectivity index (χ0v) is 17.3. The fraction of sp³-hybridized carbons (Fsp3) is 0.269. The van der Waals surface area contributed by atoms with Crippen molar-refractivity contribution in [2.45, 2.75) is 25.6 Å². The molecule has 1 unspecified atom stereocenters. The van der Waals surface area contributed by atoms with Crippen LogP contribution < -0.4 is 4.74 Å². The maximum absolute atomic E-state index is 13.4. The first-order chi connectivity index (χ1) is 15.2. The monoisotopic (exact) mass is 416 g/mol. The lowest BCUT2D eigenvalue weighted by molar-refractivity contribution is 0.0638. The third-order valence-corrected chi connectivity index (χ3v) is 5.98. The first-order valence-electron chi connectivity index (χ1n) is 10.7. The zero-order valence-electron chi connectivity index (χ0n) is 17.3. The van der Waals surface area contributed by atoms with Crippen LogP contribution in [0.1, 0.15) is 27.8 Å². The lowest BCUT2D eigenvalue weighted by Gasteiger charge is -2.30. The zero-order chi connectivity index (χ0) is 21.2. The predicted octanol–water partition coefficient (Wildman–Crippen LogP) is 3.97. The molecule has 0 saturated heterocycles. The molecule has 2 aliphatic heterocycles. The summed E-state index contributed by atoms with van der Waals surface area (Å²) < 4.78 is 19.2. The summed E-state index contributed by atoms with van der Waals surface area (Å²) in [7, 11) is 0. The van der Waals surface area contributed by atoms with Crippen molar-refractivity contribution in [3.63, 3.8) is 0 Å². The molecule has 4 nitrogen and oxygen atoms in total. The molecule has 2 aliphatic rings. The SMILES string of the molecule is OC(COc1ccc(C2=NCc3cc(F)ccc32)cc1)CN1CCc2ccccc2C1. The second kappa shape index (κ2) is 8.61. The van der Waals surface area contributed by atoms with E-state index in [1.54, 1.807) is 12.1 Å². The number of aliphatic hydroxyl groups excluding tert-OH is 1. The van der Waals surface area contributed by atoms with Gasteiger partial charge in [-0.15, -0.1) is 0 Å². The number of halogens is 1. The molecule has 0 aliphatic carbocycles. The summed E-state index contributed by atoms with van der Waals surface area (Å²) in [6, 6.07) is 21.0. The number of ether oxygens (including phenoxy) is 1. The molecule has 0 saturated carbocycles. The average molecular weight is 416 g/mol. The molecule has 2 heterocycles. The minimum atomic E-state index is -0.550. The molecule has 5 heteroatoms. The number of aliphatic hydroxyl groups is 1. The van der Waals surface area contributed by atoms with Crippen LogP contribution in [0.25, 0.3) is 0 Å². The van der Waals surface area contributed by atoms with Gasteiger partial charge in [0, 0.05) is 30.8 Å². The van der Waals surface area contributed by atoms with Gasteiger partial charge in [0.15, 0.2) is 0 Å². The molecular formula is C26H25FN2O2. The lowest BCUT2D eigenvalue weighted by atomic mass is 10.00. The third-order valence-electron chi connectivity index (χ3n) is 5.98. The van der Waals surface area contributed by atoms with Crippen LogP contribution in [0.4, 0.5) is 4.39 Å². The van der Waals surface area contributed by atoms with Crippen molar-refractivity contribution in [2.75, 3.05) is 19.7 Å². The second-order valence-electron chi connectivity index (χ2n) is 8.21. The van der Waals surface area contributed by atoms with Crippen LogP contribution in [0.5, 0.6) is 5.75 Å². The number of aliphatic imine (C=N–C) groups is 1. The molecule has 1 N–H and O–H groups in total. The molecule has 0 bridgehead atoms. The Morgan fingerprint density at radius 3 is 2.65 bits per heavy atom. The van der Waals surface area contributed by atoms with Gasteiger partial charge in [0.25, 0.3) is 0 Å². The van der Waals surface area contributed by atoms with E-state index >= 15 is 0 Å². The molecule has 0 amide bonds. The highest BCUT2D eigenvalue weighted by molar-refractivity contribution is 6.15. The number of fused-ring (bicyclic) bond motifs is 2. The Morgan fingerprint density at radius 2 is 1.81 bits per heavy atom. The molecule has 5 rings (SSSR count). The van der Waals surface area contributed by atoms with E-state index in [1.165, 1.54) is 17.2 Å². The standard InChI is InChI=1S/C26H25FN2O2/c27-22-7-10-25-21(13-22)14-28-26(25)19-5-8-24(9-6-19)31-17-23(30)16-29-12-11-18-3-1-2-4-20(18)15-29/h1-10,13,23,30H,11-12,14-17H2. The number of hydrogen-bond donors (Lipinski definition) is 1. The van der Waals surface area contributed by atoms with Crippen molar-refractivity contribution in [1.29, 1.82) is 0 Å². The quantitative estimate of drug-likeness (QED) is 0.661. The van der Waals surface area contributed by atoms with E-state index in [0.717, 1.165) is 41.9 Å². The summed E-state index contributed by atoms with van der Waals surface area (Å²) >= 11 is 0. The van der Waals surface area contributed by atoms with Gasteiger partial charge in [-0.1, -0.05) is 24.3 Å². The van der Waals surface area contributed by atoms with Crippen LogP contribution in [-0.2, 0) is 19.5 Å². The van der Waals surface area contributed by atoms with Crippen molar-refractivity contribution < 1.29 is 14.2 Å². The van der Waals surface area contributed by atoms with E-state index < -0.39 is 6.10 Å². The highest BCUT2D eigenvalue weighted by Crippen LogP contribution is 2.25. The van der Waals surface area contributed by atoms with Gasteiger partial charge in [0.2, 0.25) is 0 Å². The fourth-order valence-corrected chi connectivity index (χ4v) is 4.38. The van der Waals surface area contributed by atoms with Gasteiger partial charge in [0.05, 0.1) is 12.3 Å². The molecule has 0 aromatic heterocycles. The molecular weight excluding hydrogens is 391 g/mol. The van der Waals surface area contributed by atoms with Gasteiger partial charge in [-0.2, -0.15) is 0 Å². The fourth-order valence-electron chi connectivity index (χ4n) is 4.38. The van der Waals surface area contributed by atoms with Gasteiger partial charge in [-0.3, -0.25) is 9.89 Å². The average Bonchev–Trinajstić information content (AvgIpc) is 3.21. The Hall–Kier alpha value is -3.02. The molecule has 3 aromatic rings. The predicted molar refractivity (Wildman–Crippen MR) is 119 cm³/mol. The Bertz CT molecular complexity index is 1110. The summed E-state index contributed by atoms with van der Waals surface area (Å²) in [5.41, 5.74) is 6.50. The Balaban J connectivity index is 1.15. The first kappa shape index (κ1) is 19.9. The Morgan fingerprint density at radius 1 is 1.00 bits per heavy atom. The van der Waals surface area contributed by atoms with Crippen LogP contribution in [-0.4, -0.2) is 41.5 Å². The number of rotatable bonds is 6. The van der Waals surface area contributed by atoms with Crippen molar-refractivity contribution in [2.24, 2.45) is 4.99 Å². The minimum Gasteiger partial charge on any atom is -0.491 e. The number of benzene rings is 3. The van der Waals surface area contributed by atoms with Gasteiger partial charge in [-0.25, -0.2) is 4.39 Å². The van der Waals surface area contributed by atoms with Crippen molar-refractivity contribution >= 4 is 5.71 Å². The summed E-state index contributed by atoms with van der Waals surface area (Å²) in [5.74, 6) is 0.482. The molecule has 158 valence electrons. The Kier molecular flexibility index (Phi) is 5.53. The van der Waals surface area contributed by atoms with Gasteiger partial charge in [-0.05, 0) is 65.6 Å². The molecule has 3 aromatic carbocycles. The molecule has 0 fully saturated rings. The van der Waals surface area contributed by atoms with E-state index in [4.69, 9.17) is 4.74 Å². The third kappa shape index (κ3) is 4.38. The smallest absolute Gasteiger partial charge is 0.123 e. The molecule has 31 heavy (non-hydrogen) atoms. The topological polar surface area (TPSA) is 45.1 Å². The van der Waals surface area contributed by atoms with E-state index in [9.17, 15) is 9.50 Å². The van der Waals surface area contributed by atoms with Crippen LogP contribution in [0.3, 0.4) is 0 Å². The molecule has 1 atom stereocenters. The van der Waals surface area contributed by atoms with Crippen molar-refractivity contribution in [3.8, 4) is 5.75 Å². The molecule has 0 spiro atoms. The number of β-amino-alcohol motifs (C(OH)–C–C–N with tert-alkyl or cyclic N) is 1. The second-order valence-corrected chi connectivity index (χ2v) is 8.21. The van der Waals surface area contributed by atoms with Crippen molar-refractivity contribution in [3.05, 3.63) is 100 Å². The van der Waals surface area contributed by atoms with Crippen molar-refractivity contribution in [1.82, 2.24) is 4.90 Å². The Labute approximate surface area is 181 Å². The highest BCUT2D eigenvalue weighted by atomic mass is 19.1. The number of nitrogens with zero attached hydrogens (tertiary/aromatic N) is 2. The van der Waals surface area contributed by atoms with E-state index in [-0.39, 0.29) is 12.4 Å². The number of hydrogen-bond acceptors (Lipinski definition) is 4. The van der Waals surface area contributed by atoms with Crippen LogP contribution in [0.2, 0.25) is 0 Å². The summed E-state index contributed by atoms with van der Waals surface area (Å²) in [5, 5.41) is 10.5. The van der Waals surface area contributed by atoms with E-state index in [1.807, 2.05) is 24.3 Å². The highest BCUT2D eigenvalue weighted by Gasteiger charge is 2.20.